The number of benzene rings is 1. The monoisotopic (exact) mass is 313 g/mol. The van der Waals surface area contributed by atoms with E-state index in [-0.39, 0.29) is 17.0 Å². The Bertz CT molecular complexity index is 696. The van der Waals surface area contributed by atoms with Crippen molar-refractivity contribution < 1.29 is 27.6 Å². The Morgan fingerprint density at radius 1 is 1.29 bits per heavy atom. The van der Waals surface area contributed by atoms with Gasteiger partial charge in [0.05, 0.1) is 5.69 Å². The molecular weight excluding hydrogens is 298 g/mol. The smallest absolute Gasteiger partial charge is 0.446 e. The van der Waals surface area contributed by atoms with Crippen molar-refractivity contribution in [2.45, 2.75) is 6.92 Å². The number of para-hydroxylation sites is 1. The first-order chi connectivity index (χ1) is 9.35. The Labute approximate surface area is 121 Å². The normalized spacial score (nSPS) is 10.6. The average molecular weight is 313 g/mol. The molecule has 0 atom stereocenters. The largest absolute Gasteiger partial charge is 0.870 e. The number of anilines is 3. The third kappa shape index (κ3) is 4.60. The van der Waals surface area contributed by atoms with E-state index in [0.29, 0.717) is 11.4 Å². The maximum Gasteiger partial charge on any atom is 0.446 e. The van der Waals surface area contributed by atoms with Gasteiger partial charge in [0.25, 0.3) is 5.82 Å². The predicted octanol–water partition coefficient (Wildman–Crippen LogP) is 1.14. The maximum atomic E-state index is 10.7. The van der Waals surface area contributed by atoms with Crippen molar-refractivity contribution in [3.05, 3.63) is 42.0 Å². The highest BCUT2D eigenvalue weighted by molar-refractivity contribution is 7.81. The number of rotatable bonds is 4. The molecule has 0 spiro atoms. The fourth-order valence-electron chi connectivity index (χ4n) is 1.69. The molecule has 0 bridgehead atoms. The highest BCUT2D eigenvalue weighted by Crippen LogP contribution is 2.26. The first kappa shape index (κ1) is 16.7. The first-order valence-corrected chi connectivity index (χ1v) is 7.03. The Hall–Kier alpha value is -2.36. The van der Waals surface area contributed by atoms with Crippen molar-refractivity contribution in [2.75, 3.05) is 11.1 Å². The van der Waals surface area contributed by atoms with Crippen LogP contribution in [0.3, 0.4) is 0 Å². The van der Waals surface area contributed by atoms with Crippen LogP contribution in [0, 0.1) is 6.92 Å². The number of pyridine rings is 1. The quantitative estimate of drug-likeness (QED) is 0.717. The minimum Gasteiger partial charge on any atom is -0.870 e. The minimum absolute atomic E-state index is 0. The van der Waals surface area contributed by atoms with E-state index in [0.717, 1.165) is 5.69 Å². The summed E-state index contributed by atoms with van der Waals surface area (Å²) >= 11 is 0. The molecule has 114 valence electrons. The predicted molar refractivity (Wildman–Crippen MR) is 76.0 cm³/mol. The molecule has 2 rings (SSSR count). The molecule has 0 saturated carbocycles. The van der Waals surface area contributed by atoms with Gasteiger partial charge in [0.15, 0.2) is 0 Å². The lowest BCUT2D eigenvalue weighted by atomic mass is 10.2. The molecule has 9 heteroatoms. The molecule has 0 radical (unpaired) electrons. The van der Waals surface area contributed by atoms with Gasteiger partial charge in [-0.3, -0.25) is 9.87 Å². The number of nitrogen functional groups attached to an aromatic ring is 1. The van der Waals surface area contributed by atoms with Crippen LogP contribution in [0.25, 0.3) is 0 Å². The van der Waals surface area contributed by atoms with Crippen LogP contribution in [0.2, 0.25) is 0 Å². The molecule has 0 aliphatic rings. The van der Waals surface area contributed by atoms with E-state index in [4.69, 9.17) is 10.3 Å². The Morgan fingerprint density at radius 2 is 1.90 bits per heavy atom. The second kappa shape index (κ2) is 6.39. The number of nitrogens with one attached hydrogen (secondary N) is 2. The highest BCUT2D eigenvalue weighted by atomic mass is 32.3. The summed E-state index contributed by atoms with van der Waals surface area (Å²) in [5, 5.41) is 3.07. The topological polar surface area (TPSA) is 146 Å². The minimum atomic E-state index is -4.61. The van der Waals surface area contributed by atoms with Crippen LogP contribution in [-0.4, -0.2) is 18.4 Å². The van der Waals surface area contributed by atoms with Gasteiger partial charge in [0.2, 0.25) is 11.6 Å². The van der Waals surface area contributed by atoms with Gasteiger partial charge in [0, 0.05) is 11.6 Å². The summed E-state index contributed by atoms with van der Waals surface area (Å²) in [6, 6.07) is 11.0. The molecule has 0 fully saturated rings. The van der Waals surface area contributed by atoms with E-state index in [2.05, 4.69) is 14.5 Å². The van der Waals surface area contributed by atoms with Crippen LogP contribution in [0.1, 0.15) is 5.56 Å². The number of hydrogen-bond acceptors (Lipinski definition) is 6. The molecule has 1 heterocycles. The molecule has 0 saturated heterocycles. The van der Waals surface area contributed by atoms with Crippen LogP contribution < -0.4 is 20.2 Å². The van der Waals surface area contributed by atoms with Crippen molar-refractivity contribution in [3.8, 4) is 5.75 Å². The SMILES string of the molecule is Cc1cc(Nc2ccccc2)[nH+]c(N)c1OS(=O)(=O)O.[OH-]. The molecular formula is C12H15N3O5S. The number of aryl methyl sites for hydroxylation is 1. The van der Waals surface area contributed by atoms with Gasteiger partial charge >= 0.3 is 10.4 Å². The van der Waals surface area contributed by atoms with Gasteiger partial charge in [-0.2, -0.15) is 8.42 Å². The maximum absolute atomic E-state index is 10.7. The summed E-state index contributed by atoms with van der Waals surface area (Å²) < 4.78 is 34.6. The molecule has 0 amide bonds. The molecule has 0 unspecified atom stereocenters. The van der Waals surface area contributed by atoms with Crippen molar-refractivity contribution >= 4 is 27.7 Å². The number of nitrogens with two attached hydrogens (primary N) is 1. The second-order valence-corrected chi connectivity index (χ2v) is 5.13. The van der Waals surface area contributed by atoms with Crippen molar-refractivity contribution in [1.82, 2.24) is 0 Å². The molecule has 1 aromatic carbocycles. The van der Waals surface area contributed by atoms with Gasteiger partial charge in [-0.25, -0.2) is 4.98 Å². The van der Waals surface area contributed by atoms with Gasteiger partial charge < -0.3 is 15.4 Å². The van der Waals surface area contributed by atoms with Crippen molar-refractivity contribution in [1.29, 1.82) is 0 Å². The van der Waals surface area contributed by atoms with E-state index in [1.54, 1.807) is 13.0 Å². The van der Waals surface area contributed by atoms with Crippen molar-refractivity contribution in [2.24, 2.45) is 0 Å². The van der Waals surface area contributed by atoms with Gasteiger partial charge in [-0.15, -0.1) is 0 Å². The summed E-state index contributed by atoms with van der Waals surface area (Å²) in [6.07, 6.45) is 0. The highest BCUT2D eigenvalue weighted by Gasteiger charge is 2.18. The molecule has 2 aromatic rings. The molecule has 0 aliphatic heterocycles. The van der Waals surface area contributed by atoms with Crippen molar-refractivity contribution in [3.63, 3.8) is 0 Å². The zero-order chi connectivity index (χ0) is 14.8. The van der Waals surface area contributed by atoms with E-state index < -0.39 is 10.4 Å². The number of aromatic nitrogens is 1. The number of hydrogen-bond donors (Lipinski definition) is 3. The van der Waals surface area contributed by atoms with Crippen LogP contribution in [-0.2, 0) is 10.4 Å². The van der Waals surface area contributed by atoms with E-state index in [1.165, 1.54) is 0 Å². The Kier molecular flexibility index (Phi) is 5.08. The molecule has 0 aliphatic carbocycles. The summed E-state index contributed by atoms with van der Waals surface area (Å²) in [7, 11) is -4.61. The van der Waals surface area contributed by atoms with Crippen LogP contribution in [0.5, 0.6) is 5.75 Å². The first-order valence-electron chi connectivity index (χ1n) is 5.66. The lowest BCUT2D eigenvalue weighted by Gasteiger charge is -2.08. The van der Waals surface area contributed by atoms with Gasteiger partial charge in [-0.1, -0.05) is 18.2 Å². The van der Waals surface area contributed by atoms with E-state index in [9.17, 15) is 8.42 Å². The molecule has 8 nitrogen and oxygen atoms in total. The summed E-state index contributed by atoms with van der Waals surface area (Å²) in [5.74, 6) is 0.418. The third-order valence-electron chi connectivity index (χ3n) is 2.47. The van der Waals surface area contributed by atoms with E-state index >= 15 is 0 Å². The fourth-order valence-corrected chi connectivity index (χ4v) is 2.12. The fraction of sp³-hybridized carbons (Fsp3) is 0.0833. The van der Waals surface area contributed by atoms with Gasteiger partial charge in [0.1, 0.15) is 0 Å². The lowest BCUT2D eigenvalue weighted by Crippen LogP contribution is -2.19. The second-order valence-electron chi connectivity index (χ2n) is 4.11. The van der Waals surface area contributed by atoms with E-state index in [1.807, 2.05) is 30.3 Å². The summed E-state index contributed by atoms with van der Waals surface area (Å²) in [4.78, 5) is 2.75. The summed E-state index contributed by atoms with van der Waals surface area (Å²) in [5.41, 5.74) is 6.98. The zero-order valence-electron chi connectivity index (χ0n) is 11.1. The number of H-pyrrole nitrogens is 1. The van der Waals surface area contributed by atoms with Gasteiger partial charge in [-0.05, 0) is 19.1 Å². The summed E-state index contributed by atoms with van der Waals surface area (Å²) in [6.45, 7) is 1.61. The molecule has 1 aromatic heterocycles. The molecule has 6 N–H and O–H groups in total. The van der Waals surface area contributed by atoms with Crippen LogP contribution >= 0.6 is 0 Å². The Balaban J connectivity index is 0.00000220. The third-order valence-corrected chi connectivity index (χ3v) is 2.85. The standard InChI is InChI=1S/C12H13N3O4S.H2O/c1-8-7-10(14-9-5-3-2-4-6-9)15-12(13)11(8)19-20(16,17)18;/h2-7H,1H3,(H3,13,14,15)(H,16,17,18);1H2. The lowest BCUT2D eigenvalue weighted by molar-refractivity contribution is -0.343. The van der Waals surface area contributed by atoms with Crippen LogP contribution in [0.15, 0.2) is 36.4 Å². The Morgan fingerprint density at radius 3 is 2.43 bits per heavy atom. The zero-order valence-corrected chi connectivity index (χ0v) is 11.9. The average Bonchev–Trinajstić information content (AvgIpc) is 2.34. The number of aromatic amines is 1. The molecule has 21 heavy (non-hydrogen) atoms. The van der Waals surface area contributed by atoms with Crippen LogP contribution in [0.4, 0.5) is 17.3 Å².